The van der Waals surface area contributed by atoms with Crippen LogP contribution in [0.3, 0.4) is 0 Å². The van der Waals surface area contributed by atoms with E-state index in [4.69, 9.17) is 9.47 Å². The average Bonchev–Trinajstić information content (AvgIpc) is 2.39. The van der Waals surface area contributed by atoms with E-state index < -0.39 is 0 Å². The summed E-state index contributed by atoms with van der Waals surface area (Å²) < 4.78 is 9.87. The molecular formula is C14H26O4. The lowest BCUT2D eigenvalue weighted by Gasteiger charge is -2.26. The number of carbonyl (C=O) groups excluding carboxylic acids is 2. The van der Waals surface area contributed by atoms with Crippen LogP contribution in [0.5, 0.6) is 0 Å². The maximum absolute atomic E-state index is 11.7. The lowest BCUT2D eigenvalue weighted by atomic mass is 9.81. The summed E-state index contributed by atoms with van der Waals surface area (Å²) in [5.41, 5.74) is 0. The smallest absolute Gasteiger partial charge is 0.309 e. The van der Waals surface area contributed by atoms with Crippen molar-refractivity contribution in [3.63, 3.8) is 0 Å². The minimum atomic E-state index is -0.206. The summed E-state index contributed by atoms with van der Waals surface area (Å²) in [7, 11) is 1.39. The van der Waals surface area contributed by atoms with Crippen LogP contribution < -0.4 is 0 Å². The highest BCUT2D eigenvalue weighted by atomic mass is 16.5. The van der Waals surface area contributed by atoms with Crippen molar-refractivity contribution < 1.29 is 19.1 Å². The van der Waals surface area contributed by atoms with Crippen molar-refractivity contribution in [1.82, 2.24) is 0 Å². The van der Waals surface area contributed by atoms with Gasteiger partial charge in [0.25, 0.3) is 0 Å². The van der Waals surface area contributed by atoms with Crippen LogP contribution in [0.15, 0.2) is 0 Å². The molecule has 0 amide bonds. The van der Waals surface area contributed by atoms with E-state index >= 15 is 0 Å². The van der Waals surface area contributed by atoms with Crippen LogP contribution in [-0.4, -0.2) is 25.2 Å². The van der Waals surface area contributed by atoms with Crippen LogP contribution >= 0.6 is 0 Å². The number of hydrogen-bond acceptors (Lipinski definition) is 4. The molecule has 4 heteroatoms. The van der Waals surface area contributed by atoms with Crippen molar-refractivity contribution >= 4 is 11.9 Å². The number of ether oxygens (including phenoxy) is 2. The van der Waals surface area contributed by atoms with E-state index in [1.807, 2.05) is 27.7 Å². The molecular weight excluding hydrogens is 232 g/mol. The molecule has 1 fully saturated rings. The van der Waals surface area contributed by atoms with Crippen LogP contribution in [0.25, 0.3) is 0 Å². The van der Waals surface area contributed by atoms with Crippen LogP contribution in [0.4, 0.5) is 0 Å². The molecule has 1 saturated carbocycles. The van der Waals surface area contributed by atoms with E-state index in [9.17, 15) is 9.59 Å². The third-order valence-corrected chi connectivity index (χ3v) is 2.89. The maximum atomic E-state index is 11.7. The van der Waals surface area contributed by atoms with E-state index in [2.05, 4.69) is 0 Å². The Hall–Kier alpha value is -1.06. The second-order valence-corrected chi connectivity index (χ2v) is 4.57. The SMILES string of the molecule is CC.COC(=O)[C@@H]1CCC[C@H](C(=O)OC(C)C)C1. The largest absolute Gasteiger partial charge is 0.469 e. The molecule has 1 rings (SSSR count). The summed E-state index contributed by atoms with van der Waals surface area (Å²) in [5.74, 6) is -0.658. The molecule has 0 aromatic rings. The van der Waals surface area contributed by atoms with Crippen molar-refractivity contribution in [2.75, 3.05) is 7.11 Å². The lowest BCUT2D eigenvalue weighted by Crippen LogP contribution is -2.30. The monoisotopic (exact) mass is 258 g/mol. The van der Waals surface area contributed by atoms with Crippen molar-refractivity contribution in [2.24, 2.45) is 11.8 Å². The first-order chi connectivity index (χ1) is 8.54. The Labute approximate surface area is 110 Å². The number of rotatable bonds is 3. The van der Waals surface area contributed by atoms with Gasteiger partial charge in [0.2, 0.25) is 0 Å². The quantitative estimate of drug-likeness (QED) is 0.730. The van der Waals surface area contributed by atoms with Gasteiger partial charge in [-0.05, 0) is 33.1 Å². The number of methoxy groups -OCH3 is 1. The van der Waals surface area contributed by atoms with Gasteiger partial charge in [-0.15, -0.1) is 0 Å². The Morgan fingerprint density at radius 2 is 1.56 bits per heavy atom. The summed E-state index contributed by atoms with van der Waals surface area (Å²) in [6.07, 6.45) is 3.00. The molecule has 0 bridgehead atoms. The minimum absolute atomic E-state index is 0.0917. The van der Waals surface area contributed by atoms with Crippen molar-refractivity contribution in [2.45, 2.75) is 59.5 Å². The molecule has 0 radical (unpaired) electrons. The average molecular weight is 258 g/mol. The molecule has 1 aliphatic carbocycles. The van der Waals surface area contributed by atoms with Gasteiger partial charge in [-0.1, -0.05) is 20.3 Å². The molecule has 4 nitrogen and oxygen atoms in total. The second-order valence-electron chi connectivity index (χ2n) is 4.57. The molecule has 0 aromatic heterocycles. The first kappa shape index (κ1) is 16.9. The van der Waals surface area contributed by atoms with Gasteiger partial charge in [0.05, 0.1) is 25.0 Å². The molecule has 1 aliphatic rings. The first-order valence-electron chi connectivity index (χ1n) is 6.83. The molecule has 0 aliphatic heterocycles. The predicted octanol–water partition coefficient (Wildman–Crippen LogP) is 2.94. The highest BCUT2D eigenvalue weighted by molar-refractivity contribution is 5.76. The molecule has 0 heterocycles. The maximum Gasteiger partial charge on any atom is 0.309 e. The van der Waals surface area contributed by atoms with Gasteiger partial charge in [0.1, 0.15) is 0 Å². The third-order valence-electron chi connectivity index (χ3n) is 2.89. The Morgan fingerprint density at radius 3 is 2.00 bits per heavy atom. The molecule has 0 unspecified atom stereocenters. The summed E-state index contributed by atoms with van der Waals surface area (Å²) in [6.45, 7) is 7.66. The zero-order valence-electron chi connectivity index (χ0n) is 12.2. The van der Waals surface area contributed by atoms with Gasteiger partial charge in [-0.25, -0.2) is 0 Å². The van der Waals surface area contributed by atoms with Crippen molar-refractivity contribution in [3.8, 4) is 0 Å². The van der Waals surface area contributed by atoms with Crippen molar-refractivity contribution in [3.05, 3.63) is 0 Å². The number of carbonyl (C=O) groups is 2. The van der Waals surface area contributed by atoms with E-state index in [-0.39, 0.29) is 29.9 Å². The van der Waals surface area contributed by atoms with Gasteiger partial charge in [-0.2, -0.15) is 0 Å². The summed E-state index contributed by atoms with van der Waals surface area (Å²) in [5, 5.41) is 0. The molecule has 0 N–H and O–H groups in total. The molecule has 0 spiro atoms. The molecule has 106 valence electrons. The fourth-order valence-corrected chi connectivity index (χ4v) is 2.11. The Morgan fingerprint density at radius 1 is 1.06 bits per heavy atom. The van der Waals surface area contributed by atoms with Crippen LogP contribution in [0.2, 0.25) is 0 Å². The van der Waals surface area contributed by atoms with Gasteiger partial charge in [-0.3, -0.25) is 9.59 Å². The topological polar surface area (TPSA) is 52.6 Å². The normalized spacial score (nSPS) is 22.8. The van der Waals surface area contributed by atoms with Gasteiger partial charge in [0.15, 0.2) is 0 Å². The second kappa shape index (κ2) is 8.95. The predicted molar refractivity (Wildman–Crippen MR) is 70.0 cm³/mol. The summed E-state index contributed by atoms with van der Waals surface area (Å²) in [4.78, 5) is 23.1. The Bertz CT molecular complexity index is 261. The van der Waals surface area contributed by atoms with Crippen LogP contribution in [0.1, 0.15) is 53.4 Å². The van der Waals surface area contributed by atoms with E-state index in [1.165, 1.54) is 7.11 Å². The van der Waals surface area contributed by atoms with E-state index in [1.54, 1.807) is 0 Å². The van der Waals surface area contributed by atoms with Gasteiger partial charge >= 0.3 is 11.9 Å². The van der Waals surface area contributed by atoms with Crippen molar-refractivity contribution in [1.29, 1.82) is 0 Å². The van der Waals surface area contributed by atoms with Gasteiger partial charge < -0.3 is 9.47 Å². The lowest BCUT2D eigenvalue weighted by molar-refractivity contribution is -0.156. The van der Waals surface area contributed by atoms with E-state index in [0.29, 0.717) is 6.42 Å². The number of hydrogen-bond donors (Lipinski definition) is 0. The standard InChI is InChI=1S/C12H20O4.C2H6/c1-8(2)16-12(14)10-6-4-5-9(7-10)11(13)15-3;1-2/h8-10H,4-7H2,1-3H3;1-2H3/t9-,10+;/m1./s1. The zero-order chi connectivity index (χ0) is 14.1. The summed E-state index contributed by atoms with van der Waals surface area (Å²) >= 11 is 0. The molecule has 2 atom stereocenters. The molecule has 0 saturated heterocycles. The molecule has 18 heavy (non-hydrogen) atoms. The first-order valence-corrected chi connectivity index (χ1v) is 6.83. The fraction of sp³-hybridized carbons (Fsp3) is 0.857. The highest BCUT2D eigenvalue weighted by Gasteiger charge is 2.32. The zero-order valence-corrected chi connectivity index (χ0v) is 12.2. The minimum Gasteiger partial charge on any atom is -0.469 e. The van der Waals surface area contributed by atoms with Crippen LogP contribution in [-0.2, 0) is 19.1 Å². The summed E-state index contributed by atoms with van der Waals surface area (Å²) in [6, 6.07) is 0. The Balaban J connectivity index is 0.00000137. The molecule has 0 aromatic carbocycles. The number of esters is 2. The van der Waals surface area contributed by atoms with Crippen LogP contribution in [0, 0.1) is 11.8 Å². The van der Waals surface area contributed by atoms with E-state index in [0.717, 1.165) is 19.3 Å². The Kier molecular flexibility index (Phi) is 8.42. The van der Waals surface area contributed by atoms with Gasteiger partial charge in [0, 0.05) is 0 Å². The fourth-order valence-electron chi connectivity index (χ4n) is 2.11. The highest BCUT2D eigenvalue weighted by Crippen LogP contribution is 2.30. The third kappa shape index (κ3) is 5.52.